The van der Waals surface area contributed by atoms with Crippen molar-refractivity contribution < 1.29 is 23.8 Å². The maximum Gasteiger partial charge on any atom is 0.346 e. The van der Waals surface area contributed by atoms with Crippen molar-refractivity contribution in [1.29, 1.82) is 0 Å². The van der Waals surface area contributed by atoms with Gasteiger partial charge in [0.15, 0.2) is 0 Å². The van der Waals surface area contributed by atoms with Gasteiger partial charge in [-0.3, -0.25) is 0 Å². The molecule has 122 valence electrons. The zero-order chi connectivity index (χ0) is 16.8. The van der Waals surface area contributed by atoms with Gasteiger partial charge in [0.05, 0.1) is 13.3 Å². The number of hydrogen-bond donors (Lipinski definition) is 1. The molecule has 0 unspecified atom stereocenters. The van der Waals surface area contributed by atoms with E-state index >= 15 is 0 Å². The Labute approximate surface area is 132 Å². The van der Waals surface area contributed by atoms with E-state index in [0.29, 0.717) is 5.69 Å². The second-order valence-electron chi connectivity index (χ2n) is 4.45. The molecule has 8 heteroatoms. The maximum absolute atomic E-state index is 12.4. The van der Waals surface area contributed by atoms with Gasteiger partial charge in [-0.25, -0.2) is 9.59 Å². The van der Waals surface area contributed by atoms with Crippen LogP contribution in [0.5, 0.6) is 0 Å². The molecule has 0 aliphatic heterocycles. The van der Waals surface area contributed by atoms with Crippen LogP contribution in [-0.2, 0) is 14.2 Å². The first-order chi connectivity index (χ1) is 11.1. The average molecular weight is 319 g/mol. The van der Waals surface area contributed by atoms with Crippen LogP contribution in [0.3, 0.4) is 0 Å². The van der Waals surface area contributed by atoms with Gasteiger partial charge >= 0.3 is 12.0 Å². The second kappa shape index (κ2) is 7.52. The van der Waals surface area contributed by atoms with Gasteiger partial charge in [-0.2, -0.15) is 9.78 Å². The molecular formula is C15H17N3O5. The Balaban J connectivity index is 2.39. The minimum Gasteiger partial charge on any atom is -0.465 e. The number of rotatable bonds is 5. The van der Waals surface area contributed by atoms with E-state index in [1.165, 1.54) is 27.5 Å². The average Bonchev–Trinajstić information content (AvgIpc) is 3.01. The standard InChI is InChI=1S/C15H17N3O5/c1-21-13(19)11-9-16-18(12(11)14(22-2)23-3)15(20)17-10-7-5-4-6-8-10/h4-9,14H,1-3H3,(H,17,20). The van der Waals surface area contributed by atoms with Crippen molar-refractivity contribution in [1.82, 2.24) is 9.78 Å². The summed E-state index contributed by atoms with van der Waals surface area (Å²) in [6.45, 7) is 0. The Morgan fingerprint density at radius 3 is 2.35 bits per heavy atom. The fourth-order valence-electron chi connectivity index (χ4n) is 2.03. The first kappa shape index (κ1) is 16.7. The topological polar surface area (TPSA) is 91.7 Å². The molecule has 1 aromatic carbocycles. The summed E-state index contributed by atoms with van der Waals surface area (Å²) >= 11 is 0. The van der Waals surface area contributed by atoms with Crippen molar-refractivity contribution in [2.75, 3.05) is 26.6 Å². The minimum atomic E-state index is -0.951. The third-order valence-corrected chi connectivity index (χ3v) is 3.08. The number of benzene rings is 1. The number of carbonyl (C=O) groups excluding carboxylic acids is 2. The summed E-state index contributed by atoms with van der Waals surface area (Å²) in [5.74, 6) is -0.641. The Kier molecular flexibility index (Phi) is 5.45. The van der Waals surface area contributed by atoms with Gasteiger partial charge in [0.2, 0.25) is 6.29 Å². The van der Waals surface area contributed by atoms with E-state index in [0.717, 1.165) is 4.68 Å². The van der Waals surface area contributed by atoms with Crippen LogP contribution >= 0.6 is 0 Å². The fourth-order valence-corrected chi connectivity index (χ4v) is 2.03. The Morgan fingerprint density at radius 2 is 1.78 bits per heavy atom. The lowest BCUT2D eigenvalue weighted by Crippen LogP contribution is -2.26. The number of esters is 1. The van der Waals surface area contributed by atoms with E-state index in [1.54, 1.807) is 24.3 Å². The van der Waals surface area contributed by atoms with Crippen molar-refractivity contribution in [2.24, 2.45) is 0 Å². The van der Waals surface area contributed by atoms with E-state index in [2.05, 4.69) is 10.4 Å². The molecule has 0 aliphatic carbocycles. The molecule has 1 heterocycles. The number of methoxy groups -OCH3 is 3. The highest BCUT2D eigenvalue weighted by Crippen LogP contribution is 2.23. The monoisotopic (exact) mass is 319 g/mol. The Morgan fingerprint density at radius 1 is 1.13 bits per heavy atom. The highest BCUT2D eigenvalue weighted by Gasteiger charge is 2.28. The van der Waals surface area contributed by atoms with Crippen LogP contribution in [0.1, 0.15) is 22.3 Å². The van der Waals surface area contributed by atoms with Gasteiger partial charge in [0, 0.05) is 19.9 Å². The number of carbonyl (C=O) groups is 2. The molecule has 1 aromatic heterocycles. The third kappa shape index (κ3) is 3.55. The van der Waals surface area contributed by atoms with Crippen LogP contribution < -0.4 is 5.32 Å². The molecule has 0 radical (unpaired) electrons. The molecule has 1 amide bonds. The second-order valence-corrected chi connectivity index (χ2v) is 4.45. The van der Waals surface area contributed by atoms with Crippen molar-refractivity contribution in [3.05, 3.63) is 47.8 Å². The number of aromatic nitrogens is 2. The zero-order valence-electron chi connectivity index (χ0n) is 13.0. The molecule has 0 atom stereocenters. The van der Waals surface area contributed by atoms with Crippen LogP contribution in [-0.4, -0.2) is 43.1 Å². The van der Waals surface area contributed by atoms with Gasteiger partial charge in [-0.05, 0) is 12.1 Å². The zero-order valence-corrected chi connectivity index (χ0v) is 13.0. The van der Waals surface area contributed by atoms with Gasteiger partial charge < -0.3 is 19.5 Å². The van der Waals surface area contributed by atoms with E-state index in [1.807, 2.05) is 6.07 Å². The predicted octanol–water partition coefficient (Wildman–Crippen LogP) is 2.04. The molecule has 2 aromatic rings. The number of para-hydroxylation sites is 1. The van der Waals surface area contributed by atoms with Crippen LogP contribution in [0.15, 0.2) is 36.5 Å². The lowest BCUT2D eigenvalue weighted by Gasteiger charge is -2.16. The minimum absolute atomic E-state index is 0.0874. The Hall–Kier alpha value is -2.71. The quantitative estimate of drug-likeness (QED) is 0.670. The van der Waals surface area contributed by atoms with E-state index in [-0.39, 0.29) is 11.3 Å². The molecule has 0 fully saturated rings. The number of nitrogens with zero attached hydrogens (tertiary/aromatic N) is 2. The summed E-state index contributed by atoms with van der Waals surface area (Å²) in [6, 6.07) is 8.30. The number of ether oxygens (including phenoxy) is 3. The van der Waals surface area contributed by atoms with Gasteiger partial charge in [0.25, 0.3) is 0 Å². The van der Waals surface area contributed by atoms with Crippen molar-refractivity contribution in [3.8, 4) is 0 Å². The Bertz CT molecular complexity index is 680. The molecule has 0 saturated carbocycles. The molecule has 8 nitrogen and oxygen atoms in total. The molecule has 0 bridgehead atoms. The lowest BCUT2D eigenvalue weighted by molar-refractivity contribution is -0.110. The SMILES string of the molecule is COC(=O)c1cnn(C(=O)Nc2ccccc2)c1C(OC)OC. The number of amides is 1. The first-order valence-corrected chi connectivity index (χ1v) is 6.70. The highest BCUT2D eigenvalue weighted by atomic mass is 16.7. The molecule has 0 spiro atoms. The first-order valence-electron chi connectivity index (χ1n) is 6.70. The normalized spacial score (nSPS) is 10.6. The van der Waals surface area contributed by atoms with Crippen LogP contribution in [0, 0.1) is 0 Å². The highest BCUT2D eigenvalue weighted by molar-refractivity contribution is 5.95. The lowest BCUT2D eigenvalue weighted by atomic mass is 10.2. The van der Waals surface area contributed by atoms with E-state index in [4.69, 9.17) is 14.2 Å². The molecule has 23 heavy (non-hydrogen) atoms. The molecule has 2 rings (SSSR count). The smallest absolute Gasteiger partial charge is 0.346 e. The summed E-state index contributed by atoms with van der Waals surface area (Å²) in [7, 11) is 4.02. The van der Waals surface area contributed by atoms with Crippen LogP contribution in [0.4, 0.5) is 10.5 Å². The maximum atomic E-state index is 12.4. The van der Waals surface area contributed by atoms with Gasteiger partial charge in [-0.15, -0.1) is 0 Å². The summed E-state index contributed by atoms with van der Waals surface area (Å²) in [5, 5.41) is 6.61. The van der Waals surface area contributed by atoms with E-state index < -0.39 is 18.3 Å². The van der Waals surface area contributed by atoms with E-state index in [9.17, 15) is 9.59 Å². The third-order valence-electron chi connectivity index (χ3n) is 3.08. The summed E-state index contributed by atoms with van der Waals surface area (Å²) < 4.78 is 16.0. The number of anilines is 1. The van der Waals surface area contributed by atoms with Crippen molar-refractivity contribution >= 4 is 17.7 Å². The summed E-state index contributed by atoms with van der Waals surface area (Å²) in [5.41, 5.74) is 0.824. The molecule has 0 aliphatic rings. The molecule has 0 saturated heterocycles. The number of nitrogens with one attached hydrogen (secondary N) is 1. The predicted molar refractivity (Wildman–Crippen MR) is 81.2 cm³/mol. The van der Waals surface area contributed by atoms with Crippen molar-refractivity contribution in [2.45, 2.75) is 6.29 Å². The fraction of sp³-hybridized carbons (Fsp3) is 0.267. The van der Waals surface area contributed by atoms with Crippen LogP contribution in [0.2, 0.25) is 0 Å². The van der Waals surface area contributed by atoms with Gasteiger partial charge in [-0.1, -0.05) is 18.2 Å². The van der Waals surface area contributed by atoms with Crippen LogP contribution in [0.25, 0.3) is 0 Å². The summed E-state index contributed by atoms with van der Waals surface area (Å²) in [6.07, 6.45) is 0.282. The number of hydrogen-bond acceptors (Lipinski definition) is 6. The molecule has 1 N–H and O–H groups in total. The molecular weight excluding hydrogens is 302 g/mol. The van der Waals surface area contributed by atoms with Crippen molar-refractivity contribution in [3.63, 3.8) is 0 Å². The van der Waals surface area contributed by atoms with Gasteiger partial charge in [0.1, 0.15) is 11.3 Å². The summed E-state index contributed by atoms with van der Waals surface area (Å²) in [4.78, 5) is 24.3. The largest absolute Gasteiger partial charge is 0.465 e.